The third-order valence-electron chi connectivity index (χ3n) is 6.09. The van der Waals surface area contributed by atoms with E-state index in [0.717, 1.165) is 26.0 Å². The van der Waals surface area contributed by atoms with Crippen LogP contribution in [0.1, 0.15) is 34.1 Å². The normalized spacial score (nSPS) is 18.0. The van der Waals surface area contributed by atoms with Crippen molar-refractivity contribution in [3.8, 4) is 0 Å². The number of rotatable bonds is 6. The van der Waals surface area contributed by atoms with Crippen LogP contribution < -0.4 is 0 Å². The summed E-state index contributed by atoms with van der Waals surface area (Å²) in [4.78, 5) is 68.4. The van der Waals surface area contributed by atoms with Crippen molar-refractivity contribution < 1.29 is 47.7 Å². The Morgan fingerprint density at radius 1 is 0.868 bits per heavy atom. The molecule has 0 bridgehead atoms. The van der Waals surface area contributed by atoms with Crippen molar-refractivity contribution in [1.29, 1.82) is 0 Å². The van der Waals surface area contributed by atoms with E-state index in [1.807, 2.05) is 0 Å². The fourth-order valence-corrected chi connectivity index (χ4v) is 4.28. The van der Waals surface area contributed by atoms with E-state index in [1.54, 1.807) is 17.0 Å². The lowest BCUT2D eigenvalue weighted by Crippen LogP contribution is -2.50. The molecule has 12 nitrogen and oxygen atoms in total. The fourth-order valence-electron chi connectivity index (χ4n) is 4.28. The summed E-state index contributed by atoms with van der Waals surface area (Å²) >= 11 is 0. The molecule has 206 valence electrons. The molecule has 0 radical (unpaired) electrons. The van der Waals surface area contributed by atoms with E-state index < -0.39 is 41.9 Å². The maximum atomic E-state index is 13.9. The first-order valence-electron chi connectivity index (χ1n) is 12.2. The van der Waals surface area contributed by atoms with Crippen LogP contribution in [0, 0.1) is 0 Å². The van der Waals surface area contributed by atoms with Crippen LogP contribution in [-0.4, -0.2) is 112 Å². The summed E-state index contributed by atoms with van der Waals surface area (Å²) in [6.45, 7) is 3.24. The highest BCUT2D eigenvalue weighted by Gasteiger charge is 2.44. The molecule has 0 N–H and O–H groups in total. The second-order valence-corrected chi connectivity index (χ2v) is 8.43. The van der Waals surface area contributed by atoms with Crippen LogP contribution in [-0.2, 0) is 38.1 Å². The van der Waals surface area contributed by atoms with E-state index in [4.69, 9.17) is 23.7 Å². The van der Waals surface area contributed by atoms with Crippen molar-refractivity contribution >= 4 is 29.4 Å². The highest BCUT2D eigenvalue weighted by Crippen LogP contribution is 2.32. The number of allylic oxidation sites excluding steroid dienone is 2. The Kier molecular flexibility index (Phi) is 10.5. The molecule has 0 unspecified atom stereocenters. The lowest BCUT2D eigenvalue weighted by atomic mass is 9.88. The average Bonchev–Trinajstić information content (AvgIpc) is 2.91. The van der Waals surface area contributed by atoms with E-state index >= 15 is 0 Å². The largest absolute Gasteiger partial charge is 0.469 e. The Morgan fingerprint density at radius 2 is 1.39 bits per heavy atom. The van der Waals surface area contributed by atoms with E-state index in [2.05, 4.69) is 0 Å². The Hall–Kier alpha value is -3.61. The molecule has 1 fully saturated rings. The Labute approximate surface area is 220 Å². The number of ketones is 2. The van der Waals surface area contributed by atoms with Crippen molar-refractivity contribution in [2.75, 3.05) is 67.0 Å². The van der Waals surface area contributed by atoms with Crippen molar-refractivity contribution in [2.24, 2.45) is 0 Å². The zero-order chi connectivity index (χ0) is 27.7. The Balaban J connectivity index is 2.20. The van der Waals surface area contributed by atoms with E-state index in [9.17, 15) is 24.0 Å². The number of hydrogen-bond acceptors (Lipinski definition) is 11. The molecule has 12 heteroatoms. The smallest absolute Gasteiger partial charge is 0.329 e. The van der Waals surface area contributed by atoms with Crippen LogP contribution in [0.3, 0.4) is 0 Å². The van der Waals surface area contributed by atoms with Crippen LogP contribution in [0.5, 0.6) is 0 Å². The van der Waals surface area contributed by atoms with Crippen LogP contribution >= 0.6 is 0 Å². The lowest BCUT2D eigenvalue weighted by Gasteiger charge is -2.37. The van der Waals surface area contributed by atoms with Crippen LogP contribution in [0.15, 0.2) is 35.7 Å². The molecule has 2 aliphatic rings. The molecule has 0 aromatic heterocycles. The third kappa shape index (κ3) is 6.63. The molecule has 1 amide bonds. The molecule has 1 aromatic carbocycles. The third-order valence-corrected chi connectivity index (χ3v) is 6.09. The molecule has 1 aliphatic carbocycles. The van der Waals surface area contributed by atoms with Gasteiger partial charge in [-0.1, -0.05) is 24.3 Å². The monoisotopic (exact) mass is 532 g/mol. The maximum absolute atomic E-state index is 13.9. The first-order valence-corrected chi connectivity index (χ1v) is 12.2. The number of nitrogens with zero attached hydrogens (tertiary/aromatic N) is 2. The van der Waals surface area contributed by atoms with Crippen molar-refractivity contribution in [3.63, 3.8) is 0 Å². The van der Waals surface area contributed by atoms with Gasteiger partial charge >= 0.3 is 11.9 Å². The molecular weight excluding hydrogens is 500 g/mol. The summed E-state index contributed by atoms with van der Waals surface area (Å²) in [6, 6.07) is 4.68. The van der Waals surface area contributed by atoms with Crippen molar-refractivity contribution in [2.45, 2.75) is 19.4 Å². The predicted molar refractivity (Wildman–Crippen MR) is 131 cm³/mol. The molecule has 1 heterocycles. The highest BCUT2D eigenvalue weighted by molar-refractivity contribution is 6.27. The van der Waals surface area contributed by atoms with Gasteiger partial charge in [0, 0.05) is 31.1 Å². The lowest BCUT2D eigenvalue weighted by molar-refractivity contribution is -0.155. The van der Waals surface area contributed by atoms with Gasteiger partial charge in [0.1, 0.15) is 17.4 Å². The summed E-state index contributed by atoms with van der Waals surface area (Å²) in [7, 11) is 2.23. The van der Waals surface area contributed by atoms with Gasteiger partial charge in [-0.3, -0.25) is 24.1 Å². The number of amides is 1. The zero-order valence-corrected chi connectivity index (χ0v) is 21.7. The van der Waals surface area contributed by atoms with Crippen molar-refractivity contribution in [3.05, 3.63) is 46.8 Å². The summed E-state index contributed by atoms with van der Waals surface area (Å²) in [6.07, 6.45) is -0.588. The molecule has 1 aliphatic heterocycles. The topological polar surface area (TPSA) is 138 Å². The van der Waals surface area contributed by atoms with E-state index in [0.29, 0.717) is 26.4 Å². The number of esters is 2. The minimum atomic E-state index is -1.55. The summed E-state index contributed by atoms with van der Waals surface area (Å²) in [5.41, 5.74) is -0.189. The molecular formula is C26H32N2O10. The number of fused-ring (bicyclic) bond motifs is 1. The fraction of sp³-hybridized carbons (Fsp3) is 0.500. The van der Waals surface area contributed by atoms with Gasteiger partial charge in [-0.25, -0.2) is 4.79 Å². The second kappa shape index (κ2) is 13.8. The van der Waals surface area contributed by atoms with Crippen LogP contribution in [0.4, 0.5) is 0 Å². The van der Waals surface area contributed by atoms with Gasteiger partial charge in [-0.2, -0.15) is 0 Å². The molecule has 1 saturated heterocycles. The number of Topliss-reactive ketones (excluding diaryl/α,β-unsaturated/α-hetero) is 2. The van der Waals surface area contributed by atoms with Crippen molar-refractivity contribution in [1.82, 2.24) is 9.80 Å². The number of carbonyl (C=O) groups is 5. The summed E-state index contributed by atoms with van der Waals surface area (Å²) in [5, 5.41) is 0. The molecule has 3 rings (SSSR count). The van der Waals surface area contributed by atoms with E-state index in [1.165, 1.54) is 12.1 Å². The summed E-state index contributed by atoms with van der Waals surface area (Å²) in [5.74, 6) is -3.66. The molecule has 1 atom stereocenters. The highest BCUT2D eigenvalue weighted by atomic mass is 16.5. The van der Waals surface area contributed by atoms with Gasteiger partial charge in [-0.15, -0.1) is 0 Å². The Morgan fingerprint density at radius 3 is 1.89 bits per heavy atom. The zero-order valence-electron chi connectivity index (χ0n) is 21.7. The minimum Gasteiger partial charge on any atom is -0.469 e. The molecule has 0 spiro atoms. The van der Waals surface area contributed by atoms with Gasteiger partial charge < -0.3 is 28.6 Å². The standard InChI is InChI=1S/C26H32N2O10/c1-17(29)28(20(26(33)35-3)16-21(30)34-2)23-22(24(31)18-6-4-5-7-19(18)25(23)32)27-8-10-36-12-14-38-15-13-37-11-9-27/h4-7,20H,8-16H2,1-3H3/t20-/m0/s1. The predicted octanol–water partition coefficient (Wildman–Crippen LogP) is 0.596. The molecule has 38 heavy (non-hydrogen) atoms. The van der Waals surface area contributed by atoms with Gasteiger partial charge in [0.25, 0.3) is 0 Å². The maximum Gasteiger partial charge on any atom is 0.329 e. The van der Waals surface area contributed by atoms with Gasteiger partial charge in [-0.05, 0) is 0 Å². The summed E-state index contributed by atoms with van der Waals surface area (Å²) < 4.78 is 26.2. The van der Waals surface area contributed by atoms with Gasteiger partial charge in [0.05, 0.1) is 60.3 Å². The first kappa shape index (κ1) is 29.0. The number of ether oxygens (including phenoxy) is 5. The second-order valence-electron chi connectivity index (χ2n) is 8.43. The quantitative estimate of drug-likeness (QED) is 0.476. The number of hydrogen-bond donors (Lipinski definition) is 0. The number of benzene rings is 1. The van der Waals surface area contributed by atoms with Gasteiger partial charge in [0.2, 0.25) is 17.5 Å². The van der Waals surface area contributed by atoms with E-state index in [-0.39, 0.29) is 48.8 Å². The first-order chi connectivity index (χ1) is 18.3. The Bertz CT molecular complexity index is 1090. The number of methoxy groups -OCH3 is 2. The molecule has 1 aromatic rings. The SMILES string of the molecule is COC(=O)C[C@@H](C(=O)OC)N(C(C)=O)C1=C(N2CCOCCOCCOCC2)C(=O)c2ccccc2C1=O. The van der Waals surface area contributed by atoms with Gasteiger partial charge in [0.15, 0.2) is 0 Å². The molecule has 0 saturated carbocycles. The number of carbonyl (C=O) groups excluding carboxylic acids is 5. The van der Waals surface area contributed by atoms with Crippen LogP contribution in [0.2, 0.25) is 0 Å². The average molecular weight is 533 g/mol. The van der Waals surface area contributed by atoms with Crippen LogP contribution in [0.25, 0.3) is 0 Å². The minimum absolute atomic E-state index is 0.0724.